The summed E-state index contributed by atoms with van der Waals surface area (Å²) >= 11 is 0. The van der Waals surface area contributed by atoms with Gasteiger partial charge in [0.2, 0.25) is 0 Å². The summed E-state index contributed by atoms with van der Waals surface area (Å²) in [7, 11) is 0. The van der Waals surface area contributed by atoms with E-state index in [0.29, 0.717) is 0 Å². The number of hydrogen-bond acceptors (Lipinski definition) is 2. The van der Waals surface area contributed by atoms with Crippen molar-refractivity contribution in [3.8, 4) is 5.75 Å². The first-order valence-electron chi connectivity index (χ1n) is 7.26. The Bertz CT molecular complexity index is 610. The summed E-state index contributed by atoms with van der Waals surface area (Å²) in [4.78, 5) is 12.8. The van der Waals surface area contributed by atoms with Crippen LogP contribution in [0.4, 0.5) is 0 Å². The number of ether oxygens (including phenoxy) is 1. The van der Waals surface area contributed by atoms with Crippen molar-refractivity contribution >= 4 is 5.97 Å². The van der Waals surface area contributed by atoms with E-state index in [1.807, 2.05) is 31.2 Å². The number of para-hydroxylation sites is 1. The van der Waals surface area contributed by atoms with Crippen LogP contribution in [0.25, 0.3) is 0 Å². The highest BCUT2D eigenvalue weighted by atomic mass is 16.5. The minimum atomic E-state index is -0.542. The normalized spacial score (nSPS) is 33.0. The number of benzene rings is 1. The lowest BCUT2D eigenvalue weighted by Crippen LogP contribution is -2.70. The maximum Gasteiger partial charge on any atom is 0.322 e. The van der Waals surface area contributed by atoms with Crippen LogP contribution in [-0.4, -0.2) is 5.97 Å². The Balaban J connectivity index is 2.29. The molecule has 1 aliphatic carbocycles. The Labute approximate surface area is 120 Å². The molecule has 2 atom stereocenters. The van der Waals surface area contributed by atoms with Gasteiger partial charge in [-0.05, 0) is 23.8 Å². The van der Waals surface area contributed by atoms with Crippen LogP contribution in [0.2, 0.25) is 0 Å². The molecule has 2 heteroatoms. The van der Waals surface area contributed by atoms with Crippen LogP contribution in [0.3, 0.4) is 0 Å². The van der Waals surface area contributed by atoms with Gasteiger partial charge in [-0.15, -0.1) is 0 Å². The molecule has 0 spiro atoms. The summed E-state index contributed by atoms with van der Waals surface area (Å²) in [5.41, 5.74) is 0.526. The molecular formula is C18H22O2. The SMILES string of the molecule is C/C=C/[C@]12C(=O)Oc3ccccc3[C@H]1C(C)(C)C2(C)C. The molecule has 0 amide bonds. The van der Waals surface area contributed by atoms with Crippen LogP contribution in [0.15, 0.2) is 36.4 Å². The summed E-state index contributed by atoms with van der Waals surface area (Å²) < 4.78 is 5.66. The van der Waals surface area contributed by atoms with Gasteiger partial charge in [-0.2, -0.15) is 0 Å². The van der Waals surface area contributed by atoms with Crippen LogP contribution in [0.1, 0.15) is 46.1 Å². The molecule has 0 aromatic heterocycles. The molecular weight excluding hydrogens is 248 g/mol. The number of rotatable bonds is 1. The maximum absolute atomic E-state index is 12.8. The predicted molar refractivity (Wildman–Crippen MR) is 79.6 cm³/mol. The smallest absolute Gasteiger partial charge is 0.322 e. The second kappa shape index (κ2) is 3.75. The molecule has 106 valence electrons. The summed E-state index contributed by atoms with van der Waals surface area (Å²) in [6, 6.07) is 7.95. The van der Waals surface area contributed by atoms with E-state index in [-0.39, 0.29) is 22.7 Å². The first kappa shape index (κ1) is 13.4. The van der Waals surface area contributed by atoms with Gasteiger partial charge >= 0.3 is 5.97 Å². The topological polar surface area (TPSA) is 26.3 Å². The van der Waals surface area contributed by atoms with Crippen LogP contribution >= 0.6 is 0 Å². The van der Waals surface area contributed by atoms with Crippen molar-refractivity contribution in [1.29, 1.82) is 0 Å². The fourth-order valence-electron chi connectivity index (χ4n) is 4.39. The minimum Gasteiger partial charge on any atom is -0.426 e. The molecule has 1 fully saturated rings. The summed E-state index contributed by atoms with van der Waals surface area (Å²) in [6.07, 6.45) is 4.04. The molecule has 0 unspecified atom stereocenters. The number of esters is 1. The van der Waals surface area contributed by atoms with E-state index in [0.717, 1.165) is 11.3 Å². The van der Waals surface area contributed by atoms with E-state index in [4.69, 9.17) is 4.74 Å². The van der Waals surface area contributed by atoms with Crippen molar-refractivity contribution in [1.82, 2.24) is 0 Å². The monoisotopic (exact) mass is 270 g/mol. The quantitative estimate of drug-likeness (QED) is 0.431. The first-order chi connectivity index (χ1) is 9.30. The third kappa shape index (κ3) is 1.19. The van der Waals surface area contributed by atoms with Crippen molar-refractivity contribution < 1.29 is 9.53 Å². The third-order valence-electron chi connectivity index (χ3n) is 6.02. The maximum atomic E-state index is 12.8. The van der Waals surface area contributed by atoms with Crippen LogP contribution in [-0.2, 0) is 4.79 Å². The standard InChI is InChI=1S/C18H22O2/c1-6-11-18-14(16(2,3)17(18,4)5)12-9-7-8-10-13(12)20-15(18)19/h6-11,14H,1-5H3/b11-6+/t14-,18+/m0/s1. The Kier molecular flexibility index (Phi) is 2.51. The van der Waals surface area contributed by atoms with Gasteiger partial charge in [0, 0.05) is 11.5 Å². The van der Waals surface area contributed by atoms with Crippen molar-refractivity contribution in [3.05, 3.63) is 42.0 Å². The Morgan fingerprint density at radius 2 is 1.80 bits per heavy atom. The largest absolute Gasteiger partial charge is 0.426 e. The van der Waals surface area contributed by atoms with Crippen molar-refractivity contribution in [2.24, 2.45) is 16.2 Å². The van der Waals surface area contributed by atoms with Crippen LogP contribution < -0.4 is 4.74 Å². The zero-order valence-corrected chi connectivity index (χ0v) is 12.9. The molecule has 1 aromatic rings. The van der Waals surface area contributed by atoms with Crippen molar-refractivity contribution in [2.75, 3.05) is 0 Å². The molecule has 0 N–H and O–H groups in total. The van der Waals surface area contributed by atoms with Crippen LogP contribution in [0.5, 0.6) is 5.75 Å². The second-order valence-electron chi connectivity index (χ2n) is 7.08. The lowest BCUT2D eigenvalue weighted by molar-refractivity contribution is -0.209. The molecule has 2 aliphatic rings. The van der Waals surface area contributed by atoms with E-state index in [1.54, 1.807) is 0 Å². The Morgan fingerprint density at radius 3 is 2.45 bits per heavy atom. The first-order valence-corrected chi connectivity index (χ1v) is 7.26. The molecule has 1 aliphatic heterocycles. The number of hydrogen-bond donors (Lipinski definition) is 0. The predicted octanol–water partition coefficient (Wildman–Crippen LogP) is 4.32. The van der Waals surface area contributed by atoms with E-state index in [1.165, 1.54) is 0 Å². The molecule has 0 bridgehead atoms. The number of carbonyl (C=O) groups is 1. The Hall–Kier alpha value is -1.57. The molecule has 3 rings (SSSR count). The molecule has 1 heterocycles. The van der Waals surface area contributed by atoms with E-state index in [9.17, 15) is 4.79 Å². The van der Waals surface area contributed by atoms with Gasteiger partial charge in [0.15, 0.2) is 0 Å². The molecule has 1 aromatic carbocycles. The average Bonchev–Trinajstić information content (AvgIpc) is 2.38. The highest BCUT2D eigenvalue weighted by Crippen LogP contribution is 2.77. The fraction of sp³-hybridized carbons (Fsp3) is 0.500. The summed E-state index contributed by atoms with van der Waals surface area (Å²) in [5.74, 6) is 0.800. The zero-order valence-electron chi connectivity index (χ0n) is 12.9. The lowest BCUT2D eigenvalue weighted by atomic mass is 9.31. The third-order valence-corrected chi connectivity index (χ3v) is 6.02. The van der Waals surface area contributed by atoms with Crippen molar-refractivity contribution in [2.45, 2.75) is 40.5 Å². The van der Waals surface area contributed by atoms with Gasteiger partial charge in [0.25, 0.3) is 0 Å². The number of fused-ring (bicyclic) bond motifs is 3. The van der Waals surface area contributed by atoms with Gasteiger partial charge in [-0.3, -0.25) is 4.79 Å². The van der Waals surface area contributed by atoms with E-state index in [2.05, 4.69) is 39.8 Å². The highest BCUT2D eigenvalue weighted by molar-refractivity contribution is 5.89. The molecule has 0 radical (unpaired) electrons. The molecule has 0 saturated heterocycles. The van der Waals surface area contributed by atoms with Gasteiger partial charge in [-0.25, -0.2) is 0 Å². The van der Waals surface area contributed by atoms with Gasteiger partial charge in [-0.1, -0.05) is 58.0 Å². The fourth-order valence-corrected chi connectivity index (χ4v) is 4.39. The van der Waals surface area contributed by atoms with Gasteiger partial charge in [0.1, 0.15) is 5.75 Å². The molecule has 1 saturated carbocycles. The molecule has 20 heavy (non-hydrogen) atoms. The van der Waals surface area contributed by atoms with Gasteiger partial charge < -0.3 is 4.74 Å². The number of carbonyl (C=O) groups excluding carboxylic acids is 1. The summed E-state index contributed by atoms with van der Waals surface area (Å²) in [5, 5.41) is 0. The van der Waals surface area contributed by atoms with Crippen LogP contribution in [0, 0.1) is 16.2 Å². The second-order valence-corrected chi connectivity index (χ2v) is 7.08. The zero-order chi connectivity index (χ0) is 14.8. The van der Waals surface area contributed by atoms with Gasteiger partial charge in [0.05, 0.1) is 5.41 Å². The highest BCUT2D eigenvalue weighted by Gasteiger charge is 2.76. The average molecular weight is 270 g/mol. The van der Waals surface area contributed by atoms with E-state index < -0.39 is 5.41 Å². The number of allylic oxidation sites excluding steroid dienone is 1. The minimum absolute atomic E-state index is 0.0437. The molecule has 2 nitrogen and oxygen atoms in total. The van der Waals surface area contributed by atoms with Crippen molar-refractivity contribution in [3.63, 3.8) is 0 Å². The lowest BCUT2D eigenvalue weighted by Gasteiger charge is -2.71. The summed E-state index contributed by atoms with van der Waals surface area (Å²) in [6.45, 7) is 10.8. The Morgan fingerprint density at radius 1 is 1.15 bits per heavy atom. The van der Waals surface area contributed by atoms with E-state index >= 15 is 0 Å².